The Morgan fingerprint density at radius 3 is 2.16 bits per heavy atom. The first-order valence-corrected chi connectivity index (χ1v) is 13.5. The van der Waals surface area contributed by atoms with Gasteiger partial charge in [0.1, 0.15) is 11.8 Å². The van der Waals surface area contributed by atoms with Crippen molar-refractivity contribution in [3.05, 3.63) is 101 Å². The molecule has 0 aliphatic heterocycles. The van der Waals surface area contributed by atoms with E-state index in [0.717, 1.165) is 16.7 Å². The van der Waals surface area contributed by atoms with Gasteiger partial charge in [0.05, 0.1) is 0 Å². The number of ether oxygens (including phenoxy) is 1. The molecule has 0 saturated heterocycles. The van der Waals surface area contributed by atoms with Crippen LogP contribution in [-0.4, -0.2) is 35.9 Å². The molecule has 2 amide bonds. The van der Waals surface area contributed by atoms with Crippen molar-refractivity contribution < 1.29 is 14.3 Å². The van der Waals surface area contributed by atoms with Crippen molar-refractivity contribution in [3.63, 3.8) is 0 Å². The summed E-state index contributed by atoms with van der Waals surface area (Å²) in [5, 5.41) is 3.66. The summed E-state index contributed by atoms with van der Waals surface area (Å²) in [6, 6.07) is 24.2. The Hall–Kier alpha value is -3.31. The Balaban J connectivity index is 1.93. The predicted molar refractivity (Wildman–Crippen MR) is 154 cm³/mol. The van der Waals surface area contributed by atoms with Crippen molar-refractivity contribution in [3.8, 4) is 5.75 Å². The molecule has 1 N–H and O–H groups in total. The van der Waals surface area contributed by atoms with Gasteiger partial charge < -0.3 is 15.0 Å². The van der Waals surface area contributed by atoms with E-state index in [1.807, 2.05) is 80.6 Å². The van der Waals surface area contributed by atoms with Gasteiger partial charge in [-0.2, -0.15) is 0 Å². The van der Waals surface area contributed by atoms with E-state index in [-0.39, 0.29) is 36.3 Å². The molecule has 1 atom stereocenters. The molecule has 5 nitrogen and oxygen atoms in total. The van der Waals surface area contributed by atoms with Crippen LogP contribution in [0.25, 0.3) is 0 Å². The van der Waals surface area contributed by atoms with E-state index in [1.165, 1.54) is 0 Å². The second-order valence-electron chi connectivity index (χ2n) is 11.0. The molecule has 3 rings (SSSR count). The molecule has 0 spiro atoms. The molecule has 6 heteroatoms. The van der Waals surface area contributed by atoms with Crippen LogP contribution in [-0.2, 0) is 28.0 Å². The van der Waals surface area contributed by atoms with Gasteiger partial charge in [-0.05, 0) is 46.2 Å². The molecule has 0 heterocycles. The van der Waals surface area contributed by atoms with Crippen molar-refractivity contribution in [2.45, 2.75) is 59.0 Å². The lowest BCUT2D eigenvalue weighted by atomic mass is 9.86. The van der Waals surface area contributed by atoms with Crippen LogP contribution in [0.5, 0.6) is 5.75 Å². The van der Waals surface area contributed by atoms with Gasteiger partial charge in [-0.1, -0.05) is 107 Å². The standard InChI is InChI=1S/C32H39ClN2O3/c1-23(2)20-34-31(37)28(19-24-11-7-6-8-12-24)35(21-25-15-17-26(33)18-16-25)30(36)22-38-29-14-10-9-13-27(29)32(3,4)5/h6-18,23,28H,19-22H2,1-5H3,(H,34,37)/t28-/m0/s1. The molecule has 0 aliphatic rings. The smallest absolute Gasteiger partial charge is 0.261 e. The highest BCUT2D eigenvalue weighted by Crippen LogP contribution is 2.31. The number of carbonyl (C=O) groups is 2. The molecule has 0 bridgehead atoms. The van der Waals surface area contributed by atoms with Gasteiger partial charge in [0.25, 0.3) is 5.91 Å². The second-order valence-corrected chi connectivity index (χ2v) is 11.5. The summed E-state index contributed by atoms with van der Waals surface area (Å²) in [6.45, 7) is 11.0. The summed E-state index contributed by atoms with van der Waals surface area (Å²) < 4.78 is 6.10. The van der Waals surface area contributed by atoms with Crippen LogP contribution < -0.4 is 10.1 Å². The summed E-state index contributed by atoms with van der Waals surface area (Å²) >= 11 is 6.11. The minimum atomic E-state index is -0.708. The average Bonchev–Trinajstić information content (AvgIpc) is 2.89. The fourth-order valence-electron chi connectivity index (χ4n) is 4.20. The van der Waals surface area contributed by atoms with E-state index in [4.69, 9.17) is 16.3 Å². The molecule has 202 valence electrons. The monoisotopic (exact) mass is 534 g/mol. The quantitative estimate of drug-likeness (QED) is 0.308. The Labute approximate surface area is 232 Å². The van der Waals surface area contributed by atoms with E-state index in [2.05, 4.69) is 26.1 Å². The van der Waals surface area contributed by atoms with Crippen LogP contribution in [0.15, 0.2) is 78.9 Å². The minimum Gasteiger partial charge on any atom is -0.483 e. The van der Waals surface area contributed by atoms with Crippen molar-refractivity contribution in [1.29, 1.82) is 0 Å². The Morgan fingerprint density at radius 2 is 1.53 bits per heavy atom. The first kappa shape index (κ1) is 29.2. The van der Waals surface area contributed by atoms with Gasteiger partial charge in [0, 0.05) is 24.5 Å². The van der Waals surface area contributed by atoms with Crippen LogP contribution in [0.1, 0.15) is 51.3 Å². The zero-order chi connectivity index (χ0) is 27.7. The van der Waals surface area contributed by atoms with E-state index in [9.17, 15) is 9.59 Å². The third-order valence-corrected chi connectivity index (χ3v) is 6.52. The maximum atomic E-state index is 13.8. The summed E-state index contributed by atoms with van der Waals surface area (Å²) in [5.41, 5.74) is 2.74. The van der Waals surface area contributed by atoms with Gasteiger partial charge in [-0.3, -0.25) is 9.59 Å². The highest BCUT2D eigenvalue weighted by Gasteiger charge is 2.31. The Kier molecular flexibility index (Phi) is 10.4. The fraction of sp³-hybridized carbons (Fsp3) is 0.375. The Bertz CT molecular complexity index is 1190. The number of para-hydroxylation sites is 1. The zero-order valence-electron chi connectivity index (χ0n) is 23.0. The number of hydrogen-bond acceptors (Lipinski definition) is 3. The number of rotatable bonds is 11. The number of carbonyl (C=O) groups excluding carboxylic acids is 2. The molecule has 0 saturated carbocycles. The summed E-state index contributed by atoms with van der Waals surface area (Å²) in [4.78, 5) is 29.0. The molecule has 3 aromatic carbocycles. The average molecular weight is 535 g/mol. The van der Waals surface area contributed by atoms with E-state index < -0.39 is 6.04 Å². The second kappa shape index (κ2) is 13.5. The highest BCUT2D eigenvalue weighted by atomic mass is 35.5. The number of nitrogens with one attached hydrogen (secondary N) is 1. The molecule has 0 aromatic heterocycles. The van der Waals surface area contributed by atoms with Gasteiger partial charge in [-0.15, -0.1) is 0 Å². The van der Waals surface area contributed by atoms with Crippen LogP contribution in [0.4, 0.5) is 0 Å². The van der Waals surface area contributed by atoms with Crippen molar-refractivity contribution in [2.24, 2.45) is 5.92 Å². The SMILES string of the molecule is CC(C)CNC(=O)[C@H](Cc1ccccc1)N(Cc1ccc(Cl)cc1)C(=O)COc1ccccc1C(C)(C)C. The lowest BCUT2D eigenvalue weighted by molar-refractivity contribution is -0.142. The maximum absolute atomic E-state index is 13.8. The maximum Gasteiger partial charge on any atom is 0.261 e. The highest BCUT2D eigenvalue weighted by molar-refractivity contribution is 6.30. The van der Waals surface area contributed by atoms with E-state index in [0.29, 0.717) is 23.7 Å². The number of benzene rings is 3. The Morgan fingerprint density at radius 1 is 0.895 bits per heavy atom. The molecule has 0 aliphatic carbocycles. The number of amides is 2. The lowest BCUT2D eigenvalue weighted by Gasteiger charge is -2.32. The van der Waals surface area contributed by atoms with E-state index >= 15 is 0 Å². The lowest BCUT2D eigenvalue weighted by Crippen LogP contribution is -2.52. The molecule has 0 unspecified atom stereocenters. The number of halogens is 1. The van der Waals surface area contributed by atoms with Gasteiger partial charge in [0.2, 0.25) is 5.91 Å². The third-order valence-electron chi connectivity index (χ3n) is 6.27. The zero-order valence-corrected chi connectivity index (χ0v) is 23.8. The normalized spacial score (nSPS) is 12.2. The predicted octanol–water partition coefficient (Wildman–Crippen LogP) is 6.43. The van der Waals surface area contributed by atoms with Crippen molar-refractivity contribution >= 4 is 23.4 Å². The topological polar surface area (TPSA) is 58.6 Å². The first-order valence-electron chi connectivity index (χ1n) is 13.1. The molecular formula is C32H39ClN2O3. The summed E-state index contributed by atoms with van der Waals surface area (Å²) in [6.07, 6.45) is 0.392. The molecule has 38 heavy (non-hydrogen) atoms. The fourth-order valence-corrected chi connectivity index (χ4v) is 4.32. The third kappa shape index (κ3) is 8.63. The molecule has 3 aromatic rings. The van der Waals surface area contributed by atoms with Gasteiger partial charge >= 0.3 is 0 Å². The van der Waals surface area contributed by atoms with Crippen LogP contribution >= 0.6 is 11.6 Å². The number of hydrogen-bond donors (Lipinski definition) is 1. The number of nitrogens with zero attached hydrogens (tertiary/aromatic N) is 1. The van der Waals surface area contributed by atoms with Gasteiger partial charge in [-0.25, -0.2) is 0 Å². The molecule has 0 radical (unpaired) electrons. The summed E-state index contributed by atoms with van der Waals surface area (Å²) in [7, 11) is 0. The summed E-state index contributed by atoms with van der Waals surface area (Å²) in [5.74, 6) is 0.516. The van der Waals surface area contributed by atoms with Crippen molar-refractivity contribution in [1.82, 2.24) is 10.2 Å². The van der Waals surface area contributed by atoms with Gasteiger partial charge in [0.15, 0.2) is 6.61 Å². The largest absolute Gasteiger partial charge is 0.483 e. The van der Waals surface area contributed by atoms with E-state index in [1.54, 1.807) is 17.0 Å². The molecule has 0 fully saturated rings. The van der Waals surface area contributed by atoms with Crippen LogP contribution in [0, 0.1) is 5.92 Å². The van der Waals surface area contributed by atoms with Crippen LogP contribution in [0.2, 0.25) is 5.02 Å². The molecular weight excluding hydrogens is 496 g/mol. The minimum absolute atomic E-state index is 0.144. The van der Waals surface area contributed by atoms with Crippen LogP contribution in [0.3, 0.4) is 0 Å². The van der Waals surface area contributed by atoms with Crippen molar-refractivity contribution in [2.75, 3.05) is 13.2 Å². The first-order chi connectivity index (χ1) is 18.0.